The number of primary sulfonamides is 1. The first-order valence-electron chi connectivity index (χ1n) is 7.27. The number of aromatic nitrogens is 1. The summed E-state index contributed by atoms with van der Waals surface area (Å²) in [4.78, 5) is 0. The average Bonchev–Trinajstić information content (AvgIpc) is 2.83. The van der Waals surface area contributed by atoms with E-state index in [-0.39, 0.29) is 17.0 Å². The number of nitrogens with two attached hydrogens (primary N) is 1. The normalized spacial score (nSPS) is 11.5. The van der Waals surface area contributed by atoms with Crippen molar-refractivity contribution in [3.8, 4) is 17.3 Å². The van der Waals surface area contributed by atoms with Crippen LogP contribution in [0.5, 0.6) is 0 Å². The lowest BCUT2D eigenvalue weighted by molar-refractivity contribution is 0.580. The van der Waals surface area contributed by atoms with Gasteiger partial charge in [-0.05, 0) is 49.1 Å². The predicted molar refractivity (Wildman–Crippen MR) is 86.4 cm³/mol. The Morgan fingerprint density at radius 2 is 1.83 bits per heavy atom. The number of sulfonamides is 1. The SMILES string of the molecule is Cn1c(C#N)ccc1-c1c(F)cc(CCCCS(N)(=O)=O)cc1F. The Morgan fingerprint density at radius 1 is 1.21 bits per heavy atom. The van der Waals surface area contributed by atoms with Gasteiger partial charge >= 0.3 is 0 Å². The van der Waals surface area contributed by atoms with E-state index in [4.69, 9.17) is 10.4 Å². The Kier molecular flexibility index (Phi) is 5.36. The highest BCUT2D eigenvalue weighted by molar-refractivity contribution is 7.89. The van der Waals surface area contributed by atoms with E-state index in [0.29, 0.717) is 30.5 Å². The molecule has 0 unspecified atom stereocenters. The number of aryl methyl sites for hydroxylation is 1. The molecule has 2 N–H and O–H groups in total. The molecule has 0 bridgehead atoms. The van der Waals surface area contributed by atoms with Gasteiger partial charge in [-0.1, -0.05) is 0 Å². The third-order valence-electron chi connectivity index (χ3n) is 3.74. The van der Waals surface area contributed by atoms with Crippen LogP contribution in [0, 0.1) is 23.0 Å². The number of unbranched alkanes of at least 4 members (excludes halogenated alkanes) is 1. The van der Waals surface area contributed by atoms with Crippen molar-refractivity contribution in [1.29, 1.82) is 5.26 Å². The quantitative estimate of drug-likeness (QED) is 0.809. The van der Waals surface area contributed by atoms with E-state index in [2.05, 4.69) is 0 Å². The lowest BCUT2D eigenvalue weighted by atomic mass is 10.0. The molecule has 0 atom stereocenters. The molecule has 0 saturated carbocycles. The molecule has 0 amide bonds. The maximum absolute atomic E-state index is 14.3. The van der Waals surface area contributed by atoms with Crippen molar-refractivity contribution >= 4 is 10.0 Å². The van der Waals surface area contributed by atoms with Crippen LogP contribution in [-0.2, 0) is 23.5 Å². The molecule has 24 heavy (non-hydrogen) atoms. The largest absolute Gasteiger partial charge is 0.335 e. The van der Waals surface area contributed by atoms with Gasteiger partial charge in [0.2, 0.25) is 10.0 Å². The van der Waals surface area contributed by atoms with Crippen molar-refractivity contribution in [3.63, 3.8) is 0 Å². The molecule has 0 aliphatic rings. The lowest BCUT2D eigenvalue weighted by Gasteiger charge is -2.10. The number of rotatable bonds is 6. The molecule has 5 nitrogen and oxygen atoms in total. The van der Waals surface area contributed by atoms with Gasteiger partial charge in [0.05, 0.1) is 17.0 Å². The van der Waals surface area contributed by atoms with E-state index in [1.165, 1.54) is 28.8 Å². The van der Waals surface area contributed by atoms with Crippen molar-refractivity contribution in [2.75, 3.05) is 5.75 Å². The highest BCUT2D eigenvalue weighted by atomic mass is 32.2. The molecule has 0 aliphatic heterocycles. The number of benzene rings is 1. The monoisotopic (exact) mass is 353 g/mol. The predicted octanol–water partition coefficient (Wildman–Crippen LogP) is 2.45. The molecular formula is C16H17F2N3O2S. The zero-order valence-electron chi connectivity index (χ0n) is 13.1. The summed E-state index contributed by atoms with van der Waals surface area (Å²) in [7, 11) is -1.96. The molecule has 128 valence electrons. The van der Waals surface area contributed by atoms with Crippen LogP contribution in [0.4, 0.5) is 8.78 Å². The summed E-state index contributed by atoms with van der Waals surface area (Å²) in [5, 5.41) is 13.8. The summed E-state index contributed by atoms with van der Waals surface area (Å²) < 4.78 is 51.8. The Morgan fingerprint density at radius 3 is 2.33 bits per heavy atom. The molecule has 0 spiro atoms. The van der Waals surface area contributed by atoms with Crippen LogP contribution in [0.1, 0.15) is 24.1 Å². The van der Waals surface area contributed by atoms with E-state index in [9.17, 15) is 17.2 Å². The Balaban J connectivity index is 2.20. The molecule has 1 aromatic heterocycles. The van der Waals surface area contributed by atoms with Gasteiger partial charge in [-0.25, -0.2) is 22.3 Å². The van der Waals surface area contributed by atoms with Crippen LogP contribution in [0.25, 0.3) is 11.3 Å². The molecule has 2 aromatic rings. The number of nitriles is 1. The third kappa shape index (κ3) is 4.19. The smallest absolute Gasteiger partial charge is 0.209 e. The molecule has 0 aliphatic carbocycles. The lowest BCUT2D eigenvalue weighted by Crippen LogP contribution is -2.16. The van der Waals surface area contributed by atoms with Crippen LogP contribution in [0.2, 0.25) is 0 Å². The van der Waals surface area contributed by atoms with E-state index < -0.39 is 21.7 Å². The zero-order valence-corrected chi connectivity index (χ0v) is 13.9. The molecule has 2 rings (SSSR count). The van der Waals surface area contributed by atoms with Gasteiger partial charge in [-0.2, -0.15) is 5.26 Å². The van der Waals surface area contributed by atoms with Gasteiger partial charge in [-0.3, -0.25) is 0 Å². The average molecular weight is 353 g/mol. The maximum atomic E-state index is 14.3. The zero-order chi connectivity index (χ0) is 17.9. The van der Waals surface area contributed by atoms with Crippen LogP contribution < -0.4 is 5.14 Å². The fourth-order valence-electron chi connectivity index (χ4n) is 2.52. The van der Waals surface area contributed by atoms with Gasteiger partial charge < -0.3 is 4.57 Å². The minimum absolute atomic E-state index is 0.156. The van der Waals surface area contributed by atoms with Gasteiger partial charge in [0, 0.05) is 7.05 Å². The van der Waals surface area contributed by atoms with Crippen LogP contribution in [-0.4, -0.2) is 18.7 Å². The summed E-state index contributed by atoms with van der Waals surface area (Å²) >= 11 is 0. The first-order valence-corrected chi connectivity index (χ1v) is 8.99. The van der Waals surface area contributed by atoms with E-state index in [1.807, 2.05) is 6.07 Å². The van der Waals surface area contributed by atoms with Gasteiger partial charge in [-0.15, -0.1) is 0 Å². The van der Waals surface area contributed by atoms with Crippen molar-refractivity contribution in [1.82, 2.24) is 4.57 Å². The van der Waals surface area contributed by atoms with Gasteiger partial charge in [0.25, 0.3) is 0 Å². The molecular weight excluding hydrogens is 336 g/mol. The van der Waals surface area contributed by atoms with Crippen molar-refractivity contribution in [2.45, 2.75) is 19.3 Å². The summed E-state index contributed by atoms with van der Waals surface area (Å²) in [5.74, 6) is -1.60. The van der Waals surface area contributed by atoms with Crippen molar-refractivity contribution in [2.24, 2.45) is 12.2 Å². The van der Waals surface area contributed by atoms with Crippen LogP contribution in [0.15, 0.2) is 24.3 Å². The van der Waals surface area contributed by atoms with Crippen LogP contribution in [0.3, 0.4) is 0 Å². The Hall–Kier alpha value is -2.24. The van der Waals surface area contributed by atoms with E-state index in [0.717, 1.165) is 0 Å². The molecule has 0 fully saturated rings. The summed E-state index contributed by atoms with van der Waals surface area (Å²) in [6.07, 6.45) is 1.13. The van der Waals surface area contributed by atoms with Crippen LogP contribution >= 0.6 is 0 Å². The topological polar surface area (TPSA) is 88.9 Å². The fourth-order valence-corrected chi connectivity index (χ4v) is 3.13. The number of nitrogens with zero attached hydrogens (tertiary/aromatic N) is 2. The maximum Gasteiger partial charge on any atom is 0.209 e. The number of hydrogen-bond acceptors (Lipinski definition) is 3. The summed E-state index contributed by atoms with van der Waals surface area (Å²) in [6, 6.07) is 7.39. The second-order valence-corrected chi connectivity index (χ2v) is 7.27. The summed E-state index contributed by atoms with van der Waals surface area (Å²) in [6.45, 7) is 0. The number of halogens is 2. The first kappa shape index (κ1) is 18.1. The second-order valence-electron chi connectivity index (χ2n) is 5.53. The summed E-state index contributed by atoms with van der Waals surface area (Å²) in [5.41, 5.74) is 0.836. The molecule has 0 radical (unpaired) electrons. The minimum atomic E-state index is -3.52. The highest BCUT2D eigenvalue weighted by Crippen LogP contribution is 2.29. The second kappa shape index (κ2) is 7.11. The number of hydrogen-bond donors (Lipinski definition) is 1. The molecule has 1 heterocycles. The fraction of sp³-hybridized carbons (Fsp3) is 0.312. The first-order chi connectivity index (χ1) is 11.2. The van der Waals surface area contributed by atoms with Crippen molar-refractivity contribution < 1.29 is 17.2 Å². The molecule has 1 aromatic carbocycles. The standard InChI is InChI=1S/C16H17F2N3O2S/c1-21-12(10-19)5-6-15(21)16-13(17)8-11(9-14(16)18)4-2-3-7-24(20,22)23/h5-6,8-9H,2-4,7H2,1H3,(H2,20,22,23). The van der Waals surface area contributed by atoms with E-state index in [1.54, 1.807) is 7.05 Å². The molecule has 0 saturated heterocycles. The van der Waals surface area contributed by atoms with Gasteiger partial charge in [0.1, 0.15) is 23.4 Å². The Labute approximate surface area is 139 Å². The van der Waals surface area contributed by atoms with Crippen molar-refractivity contribution in [3.05, 3.63) is 47.2 Å². The third-order valence-corrected chi connectivity index (χ3v) is 4.60. The Bertz CT molecular complexity index is 876. The minimum Gasteiger partial charge on any atom is -0.335 e. The molecule has 8 heteroatoms. The van der Waals surface area contributed by atoms with Gasteiger partial charge in [0.15, 0.2) is 0 Å². The van der Waals surface area contributed by atoms with E-state index >= 15 is 0 Å². The highest BCUT2D eigenvalue weighted by Gasteiger charge is 2.17.